The summed E-state index contributed by atoms with van der Waals surface area (Å²) in [5, 5.41) is 17.7. The molecule has 0 unspecified atom stereocenters. The molecule has 138 valence electrons. The lowest BCUT2D eigenvalue weighted by atomic mass is 10.2. The number of nitrogens with two attached hydrogens (primary N) is 1. The van der Waals surface area contributed by atoms with E-state index in [1.165, 1.54) is 24.3 Å². The maximum Gasteiger partial charge on any atom is 0.353 e. The van der Waals surface area contributed by atoms with Crippen molar-refractivity contribution in [2.75, 3.05) is 16.4 Å². The molecule has 0 fully saturated rings. The quantitative estimate of drug-likeness (QED) is 0.429. The zero-order valence-corrected chi connectivity index (χ0v) is 14.6. The van der Waals surface area contributed by atoms with E-state index in [0.717, 1.165) is 5.56 Å². The molecule has 2 aromatic carbocycles. The Balaban J connectivity index is 1.86. The van der Waals surface area contributed by atoms with Crippen molar-refractivity contribution in [2.24, 2.45) is 0 Å². The number of nitrogen functional groups attached to an aromatic ring is 1. The topological polar surface area (TPSA) is 119 Å². The van der Waals surface area contributed by atoms with Crippen LogP contribution in [-0.2, 0) is 6.54 Å². The fraction of sp³-hybridized carbons (Fsp3) is 0.0588. The molecule has 3 rings (SSSR count). The first kappa shape index (κ1) is 18.3. The van der Waals surface area contributed by atoms with E-state index in [-0.39, 0.29) is 17.6 Å². The molecular weight excluding hydrogens is 375 g/mol. The highest BCUT2D eigenvalue weighted by molar-refractivity contribution is 6.30. The summed E-state index contributed by atoms with van der Waals surface area (Å²) in [6.07, 6.45) is 0. The minimum Gasteiger partial charge on any atom is -0.378 e. The summed E-state index contributed by atoms with van der Waals surface area (Å²) in [4.78, 5) is 18.7. The molecule has 8 nitrogen and oxygen atoms in total. The van der Waals surface area contributed by atoms with Gasteiger partial charge in [0.15, 0.2) is 0 Å². The molecule has 0 aliphatic rings. The predicted octanol–water partition coefficient (Wildman–Crippen LogP) is 4.12. The largest absolute Gasteiger partial charge is 0.378 e. The van der Waals surface area contributed by atoms with Gasteiger partial charge in [-0.25, -0.2) is 4.39 Å². The summed E-state index contributed by atoms with van der Waals surface area (Å²) < 4.78 is 13.0. The molecule has 3 aromatic rings. The molecule has 0 radical (unpaired) electrons. The molecule has 27 heavy (non-hydrogen) atoms. The van der Waals surface area contributed by atoms with Gasteiger partial charge in [0.2, 0.25) is 17.6 Å². The number of benzene rings is 2. The molecule has 0 spiro atoms. The number of hydrogen-bond acceptors (Lipinski definition) is 7. The molecule has 0 aliphatic heterocycles. The summed E-state index contributed by atoms with van der Waals surface area (Å²) >= 11 is 5.85. The first-order chi connectivity index (χ1) is 12.9. The third kappa shape index (κ3) is 4.59. The van der Waals surface area contributed by atoms with Crippen molar-refractivity contribution in [3.63, 3.8) is 0 Å². The summed E-state index contributed by atoms with van der Waals surface area (Å²) in [6, 6.07) is 12.4. The van der Waals surface area contributed by atoms with Gasteiger partial charge in [0.25, 0.3) is 0 Å². The number of rotatable bonds is 6. The van der Waals surface area contributed by atoms with Crippen LogP contribution >= 0.6 is 11.6 Å². The van der Waals surface area contributed by atoms with E-state index in [0.29, 0.717) is 17.3 Å². The first-order valence-corrected chi connectivity index (χ1v) is 8.13. The highest BCUT2D eigenvalue weighted by atomic mass is 35.5. The minimum atomic E-state index is -0.676. The average molecular weight is 389 g/mol. The Hall–Kier alpha value is -3.46. The maximum absolute atomic E-state index is 13.0. The van der Waals surface area contributed by atoms with Gasteiger partial charge >= 0.3 is 5.69 Å². The fourth-order valence-corrected chi connectivity index (χ4v) is 2.40. The molecule has 4 N–H and O–H groups in total. The van der Waals surface area contributed by atoms with Crippen molar-refractivity contribution in [3.05, 3.63) is 75.0 Å². The Morgan fingerprint density at radius 3 is 2.41 bits per heavy atom. The molecular formula is C17H14ClFN6O2. The number of nitrogens with zero attached hydrogens (tertiary/aromatic N) is 3. The third-order valence-corrected chi connectivity index (χ3v) is 3.82. The van der Waals surface area contributed by atoms with Gasteiger partial charge in [-0.1, -0.05) is 23.7 Å². The van der Waals surface area contributed by atoms with E-state index in [1.54, 1.807) is 12.1 Å². The van der Waals surface area contributed by atoms with Crippen LogP contribution in [0.5, 0.6) is 0 Å². The van der Waals surface area contributed by atoms with E-state index in [1.807, 2.05) is 12.1 Å². The van der Waals surface area contributed by atoms with Crippen LogP contribution in [0.25, 0.3) is 0 Å². The lowest BCUT2D eigenvalue weighted by Gasteiger charge is -2.11. The molecule has 0 amide bonds. The van der Waals surface area contributed by atoms with Crippen molar-refractivity contribution >= 4 is 40.6 Å². The second-order valence-electron chi connectivity index (χ2n) is 5.50. The van der Waals surface area contributed by atoms with Crippen LogP contribution in [0.15, 0.2) is 48.5 Å². The van der Waals surface area contributed by atoms with Crippen molar-refractivity contribution in [1.82, 2.24) is 9.97 Å². The maximum atomic E-state index is 13.0. The first-order valence-electron chi connectivity index (χ1n) is 7.75. The monoisotopic (exact) mass is 388 g/mol. The van der Waals surface area contributed by atoms with Gasteiger partial charge in [-0.3, -0.25) is 10.1 Å². The number of halogens is 2. The fourth-order valence-electron chi connectivity index (χ4n) is 2.27. The molecule has 1 aromatic heterocycles. The van der Waals surface area contributed by atoms with Gasteiger partial charge in [0.05, 0.1) is 4.92 Å². The van der Waals surface area contributed by atoms with Gasteiger partial charge in [0.1, 0.15) is 5.82 Å². The Morgan fingerprint density at radius 2 is 1.78 bits per heavy atom. The average Bonchev–Trinajstić information content (AvgIpc) is 2.62. The molecule has 0 saturated carbocycles. The van der Waals surface area contributed by atoms with Crippen molar-refractivity contribution < 1.29 is 9.31 Å². The number of aromatic nitrogens is 2. The van der Waals surface area contributed by atoms with Crippen LogP contribution in [0.2, 0.25) is 5.02 Å². The van der Waals surface area contributed by atoms with Crippen LogP contribution in [0.4, 0.5) is 33.3 Å². The van der Waals surface area contributed by atoms with Gasteiger partial charge in [-0.05, 0) is 42.0 Å². The van der Waals surface area contributed by atoms with Gasteiger partial charge in [-0.15, -0.1) is 0 Å². The highest BCUT2D eigenvalue weighted by Crippen LogP contribution is 2.31. The Labute approximate surface area is 158 Å². The summed E-state index contributed by atoms with van der Waals surface area (Å²) in [5.41, 5.74) is 6.61. The summed E-state index contributed by atoms with van der Waals surface area (Å²) in [6.45, 7) is 0.365. The lowest BCUT2D eigenvalue weighted by Crippen LogP contribution is -2.10. The van der Waals surface area contributed by atoms with Gasteiger partial charge < -0.3 is 16.4 Å². The van der Waals surface area contributed by atoms with E-state index in [4.69, 9.17) is 17.3 Å². The van der Waals surface area contributed by atoms with Gasteiger partial charge in [0, 0.05) is 17.3 Å². The highest BCUT2D eigenvalue weighted by Gasteiger charge is 2.23. The molecule has 0 saturated heterocycles. The van der Waals surface area contributed by atoms with E-state index < -0.39 is 16.4 Å². The second kappa shape index (κ2) is 7.83. The Bertz CT molecular complexity index is 966. The third-order valence-electron chi connectivity index (χ3n) is 3.56. The van der Waals surface area contributed by atoms with Crippen LogP contribution in [0.1, 0.15) is 5.56 Å². The predicted molar refractivity (Wildman–Crippen MR) is 102 cm³/mol. The van der Waals surface area contributed by atoms with E-state index in [2.05, 4.69) is 20.6 Å². The second-order valence-corrected chi connectivity index (χ2v) is 5.94. The zero-order valence-electron chi connectivity index (χ0n) is 13.8. The minimum absolute atomic E-state index is 0.0993. The number of nitro groups is 1. The molecule has 0 atom stereocenters. The molecule has 10 heteroatoms. The summed E-state index contributed by atoms with van der Waals surface area (Å²) in [5.74, 6) is -0.712. The lowest BCUT2D eigenvalue weighted by molar-refractivity contribution is -0.383. The zero-order chi connectivity index (χ0) is 19.4. The van der Waals surface area contributed by atoms with Crippen molar-refractivity contribution in [3.8, 4) is 0 Å². The van der Waals surface area contributed by atoms with Crippen molar-refractivity contribution in [2.45, 2.75) is 6.54 Å². The molecule has 1 heterocycles. The normalized spacial score (nSPS) is 10.4. The van der Waals surface area contributed by atoms with Gasteiger partial charge in [-0.2, -0.15) is 9.97 Å². The Kier molecular flexibility index (Phi) is 5.32. The van der Waals surface area contributed by atoms with E-state index >= 15 is 0 Å². The SMILES string of the molecule is Nc1nc(NCc2ccc(Cl)cc2)nc(Nc2ccc(F)cc2)c1[N+](=O)[O-]. The smallest absolute Gasteiger partial charge is 0.353 e. The standard InChI is InChI=1S/C17H14ClFN6O2/c18-11-3-1-10(2-4-11)9-21-17-23-15(20)14(25(26)27)16(24-17)22-13-7-5-12(19)6-8-13/h1-8H,9H2,(H4,20,21,22,23,24). The van der Waals surface area contributed by atoms with Crippen LogP contribution in [0, 0.1) is 15.9 Å². The van der Waals surface area contributed by atoms with E-state index in [9.17, 15) is 14.5 Å². The molecule has 0 aliphatic carbocycles. The Morgan fingerprint density at radius 1 is 1.11 bits per heavy atom. The van der Waals surface area contributed by atoms with Crippen LogP contribution < -0.4 is 16.4 Å². The van der Waals surface area contributed by atoms with Crippen LogP contribution in [-0.4, -0.2) is 14.9 Å². The van der Waals surface area contributed by atoms with Crippen LogP contribution in [0.3, 0.4) is 0 Å². The number of hydrogen-bond donors (Lipinski definition) is 3. The summed E-state index contributed by atoms with van der Waals surface area (Å²) in [7, 11) is 0. The molecule has 0 bridgehead atoms. The number of anilines is 4. The van der Waals surface area contributed by atoms with Crippen molar-refractivity contribution in [1.29, 1.82) is 0 Å². The number of nitrogens with one attached hydrogen (secondary N) is 2.